The molecule has 0 radical (unpaired) electrons. The number of esters is 2. The quantitative estimate of drug-likeness (QED) is 0.0236. The van der Waals surface area contributed by atoms with Crippen LogP contribution in [0.25, 0.3) is 0 Å². The molecule has 0 saturated heterocycles. The van der Waals surface area contributed by atoms with Crippen LogP contribution in [0.2, 0.25) is 0 Å². The second-order valence-electron chi connectivity index (χ2n) is 14.4. The minimum Gasteiger partial charge on any atom is -0.462 e. The third-order valence-corrected chi connectivity index (χ3v) is 9.78. The topological polar surface area (TPSA) is 149 Å². The Morgan fingerprint density at radius 1 is 0.526 bits per heavy atom. The maximum atomic E-state index is 12.6. The van der Waals surface area contributed by atoms with Crippen LogP contribution >= 0.6 is 7.82 Å². The van der Waals surface area contributed by atoms with Gasteiger partial charge in [-0.1, -0.05) is 145 Å². The number of unbranched alkanes of at least 4 members (excludes halogenated alkanes) is 14. The summed E-state index contributed by atoms with van der Waals surface area (Å²) in [4.78, 5) is 35.0. The smallest absolute Gasteiger partial charge is 0.462 e. The third kappa shape index (κ3) is 41.4. The fourth-order valence-electron chi connectivity index (χ4n) is 5.43. The Kier molecular flexibility index (Phi) is 39.7. The zero-order valence-corrected chi connectivity index (χ0v) is 36.4. The molecule has 0 aliphatic rings. The van der Waals surface area contributed by atoms with Crippen LogP contribution < -0.4 is 0 Å². The van der Waals surface area contributed by atoms with Crippen LogP contribution in [0.5, 0.6) is 0 Å². The molecule has 10 nitrogen and oxygen atoms in total. The van der Waals surface area contributed by atoms with Gasteiger partial charge in [0.1, 0.15) is 12.7 Å². The molecule has 1 unspecified atom stereocenters. The van der Waals surface area contributed by atoms with E-state index in [1.165, 1.54) is 64.2 Å². The molecule has 0 aromatic carbocycles. The van der Waals surface area contributed by atoms with Gasteiger partial charge in [0.15, 0.2) is 6.10 Å². The standard InChI is InChI=1S/C46H79O10P/c1-3-5-7-9-11-13-15-17-19-21-23-25-27-29-31-33-35-37-45(49)53-41-44(42-55-57(51,52)54-40-43(48)39-47)56-46(50)38-36-34-32-30-28-26-24-22-20-18-16-14-12-10-8-6-4-2/h11,13,17-20,23-26,30,32,43-44,47-48H,3-10,12,14-16,21-22,27-29,31,33-42H2,1-2H3,(H,51,52)/b13-11-,19-17-,20-18-,25-23-,26-24-,32-30-/t43-,44+/m0/s1. The van der Waals surface area contributed by atoms with Crippen LogP contribution in [0.15, 0.2) is 72.9 Å². The van der Waals surface area contributed by atoms with Crippen molar-refractivity contribution in [2.24, 2.45) is 0 Å². The first kappa shape index (κ1) is 54.4. The number of hydrogen-bond acceptors (Lipinski definition) is 9. The van der Waals surface area contributed by atoms with E-state index in [2.05, 4.69) is 85.2 Å². The van der Waals surface area contributed by atoms with E-state index >= 15 is 0 Å². The van der Waals surface area contributed by atoms with Gasteiger partial charge in [0, 0.05) is 12.8 Å². The second-order valence-corrected chi connectivity index (χ2v) is 15.8. The summed E-state index contributed by atoms with van der Waals surface area (Å²) in [6.07, 6.45) is 47.3. The second kappa shape index (κ2) is 41.6. The molecule has 3 N–H and O–H groups in total. The summed E-state index contributed by atoms with van der Waals surface area (Å²) in [5, 5.41) is 18.3. The molecule has 328 valence electrons. The Morgan fingerprint density at radius 2 is 0.930 bits per heavy atom. The summed E-state index contributed by atoms with van der Waals surface area (Å²) in [5.74, 6) is -1.02. The van der Waals surface area contributed by atoms with Gasteiger partial charge in [-0.05, 0) is 83.5 Å². The molecular weight excluding hydrogens is 743 g/mol. The minimum atomic E-state index is -4.64. The number of carbonyl (C=O) groups excluding carboxylic acids is 2. The predicted octanol–water partition coefficient (Wildman–Crippen LogP) is 11.7. The van der Waals surface area contributed by atoms with Gasteiger partial charge in [-0.15, -0.1) is 0 Å². The van der Waals surface area contributed by atoms with E-state index in [1.54, 1.807) is 0 Å². The lowest BCUT2D eigenvalue weighted by atomic mass is 10.1. The van der Waals surface area contributed by atoms with Crippen molar-refractivity contribution in [2.75, 3.05) is 26.4 Å². The van der Waals surface area contributed by atoms with E-state index in [9.17, 15) is 24.2 Å². The summed E-state index contributed by atoms with van der Waals surface area (Å²) < 4.78 is 32.6. The highest BCUT2D eigenvalue weighted by Gasteiger charge is 2.27. The Balaban J connectivity index is 4.44. The lowest BCUT2D eigenvalue weighted by molar-refractivity contribution is -0.161. The molecule has 0 saturated carbocycles. The van der Waals surface area contributed by atoms with Crippen LogP contribution in [0.3, 0.4) is 0 Å². The predicted molar refractivity (Wildman–Crippen MR) is 233 cm³/mol. The molecule has 3 atom stereocenters. The Labute approximate surface area is 346 Å². The van der Waals surface area contributed by atoms with Crippen molar-refractivity contribution in [3.05, 3.63) is 72.9 Å². The molecule has 0 fully saturated rings. The van der Waals surface area contributed by atoms with Crippen LogP contribution in [-0.2, 0) is 32.7 Å². The van der Waals surface area contributed by atoms with Gasteiger partial charge in [-0.3, -0.25) is 18.6 Å². The lowest BCUT2D eigenvalue weighted by Gasteiger charge is -2.20. The molecule has 0 aromatic heterocycles. The average molecular weight is 823 g/mol. The molecule has 0 aliphatic heterocycles. The van der Waals surface area contributed by atoms with E-state index in [-0.39, 0.29) is 19.4 Å². The highest BCUT2D eigenvalue weighted by Crippen LogP contribution is 2.43. The molecule has 57 heavy (non-hydrogen) atoms. The summed E-state index contributed by atoms with van der Waals surface area (Å²) in [6, 6.07) is 0. The highest BCUT2D eigenvalue weighted by molar-refractivity contribution is 7.47. The van der Waals surface area contributed by atoms with Crippen LogP contribution in [0, 0.1) is 0 Å². The first-order valence-electron chi connectivity index (χ1n) is 21.9. The highest BCUT2D eigenvalue weighted by atomic mass is 31.2. The number of phosphoric ester groups is 1. The molecule has 11 heteroatoms. The van der Waals surface area contributed by atoms with Crippen molar-refractivity contribution in [2.45, 2.75) is 180 Å². The Morgan fingerprint density at radius 3 is 1.46 bits per heavy atom. The third-order valence-electron chi connectivity index (χ3n) is 8.83. The van der Waals surface area contributed by atoms with E-state index < -0.39 is 51.8 Å². The SMILES string of the molecule is CCCCC/C=C\C/C=C\C/C=C\CCCCCCC(=O)OC[C@H](COP(=O)(O)OC[C@@H](O)CO)OC(=O)CCC/C=C\C/C=C\C/C=C\CCCCCCCC. The van der Waals surface area contributed by atoms with Crippen LogP contribution in [-0.4, -0.2) is 65.7 Å². The van der Waals surface area contributed by atoms with Gasteiger partial charge < -0.3 is 24.6 Å². The van der Waals surface area contributed by atoms with Gasteiger partial charge in [0.05, 0.1) is 19.8 Å². The molecular formula is C46H79O10P. The number of allylic oxidation sites excluding steroid dienone is 12. The van der Waals surface area contributed by atoms with Crippen molar-refractivity contribution < 1.29 is 47.8 Å². The molecule has 0 aromatic rings. The maximum Gasteiger partial charge on any atom is 0.472 e. The number of aliphatic hydroxyl groups excluding tert-OH is 2. The number of rotatable bonds is 40. The van der Waals surface area contributed by atoms with Gasteiger partial charge in [-0.2, -0.15) is 0 Å². The summed E-state index contributed by atoms with van der Waals surface area (Å²) in [6.45, 7) is 2.25. The van der Waals surface area contributed by atoms with E-state index in [1.807, 2.05) is 6.08 Å². The molecule has 0 aliphatic carbocycles. The van der Waals surface area contributed by atoms with E-state index in [0.29, 0.717) is 19.3 Å². The maximum absolute atomic E-state index is 12.6. The number of carbonyl (C=O) groups is 2. The molecule has 0 spiro atoms. The van der Waals surface area contributed by atoms with Gasteiger partial charge in [0.2, 0.25) is 0 Å². The summed E-state index contributed by atoms with van der Waals surface area (Å²) in [5.41, 5.74) is 0. The van der Waals surface area contributed by atoms with Crippen LogP contribution in [0.4, 0.5) is 0 Å². The first-order chi connectivity index (χ1) is 27.7. The zero-order chi connectivity index (χ0) is 41.9. The monoisotopic (exact) mass is 823 g/mol. The number of phosphoric acid groups is 1. The van der Waals surface area contributed by atoms with Crippen molar-refractivity contribution in [1.82, 2.24) is 0 Å². The van der Waals surface area contributed by atoms with Gasteiger partial charge in [0.25, 0.3) is 0 Å². The van der Waals surface area contributed by atoms with Crippen molar-refractivity contribution in [3.63, 3.8) is 0 Å². The van der Waals surface area contributed by atoms with E-state index in [4.69, 9.17) is 19.1 Å². The molecule has 0 amide bonds. The van der Waals surface area contributed by atoms with Crippen molar-refractivity contribution >= 4 is 19.8 Å². The number of ether oxygens (including phenoxy) is 2. The Hall–Kier alpha value is -2.59. The van der Waals surface area contributed by atoms with Gasteiger partial charge >= 0.3 is 19.8 Å². The van der Waals surface area contributed by atoms with E-state index in [0.717, 1.165) is 57.8 Å². The Bertz CT molecular complexity index is 1180. The fraction of sp³-hybridized carbons (Fsp3) is 0.696. The largest absolute Gasteiger partial charge is 0.472 e. The summed E-state index contributed by atoms with van der Waals surface area (Å²) in [7, 11) is -4.64. The fourth-order valence-corrected chi connectivity index (χ4v) is 6.22. The van der Waals surface area contributed by atoms with Gasteiger partial charge in [-0.25, -0.2) is 4.57 Å². The first-order valence-corrected chi connectivity index (χ1v) is 23.4. The molecule has 0 rings (SSSR count). The van der Waals surface area contributed by atoms with Crippen molar-refractivity contribution in [3.8, 4) is 0 Å². The summed E-state index contributed by atoms with van der Waals surface area (Å²) >= 11 is 0. The minimum absolute atomic E-state index is 0.104. The normalized spacial score (nSPS) is 14.5. The number of aliphatic hydroxyl groups is 2. The average Bonchev–Trinajstić information content (AvgIpc) is 3.20. The molecule has 0 heterocycles. The molecule has 0 bridgehead atoms. The zero-order valence-electron chi connectivity index (χ0n) is 35.5. The van der Waals surface area contributed by atoms with Crippen molar-refractivity contribution in [1.29, 1.82) is 0 Å². The van der Waals surface area contributed by atoms with Crippen LogP contribution in [0.1, 0.15) is 168 Å². The lowest BCUT2D eigenvalue weighted by Crippen LogP contribution is -2.29. The number of hydrogen-bond donors (Lipinski definition) is 3.